The monoisotopic (exact) mass is 581 g/mol. The Kier molecular flexibility index (Phi) is 10.5. The van der Waals surface area contributed by atoms with E-state index >= 15 is 0 Å². The van der Waals surface area contributed by atoms with Crippen LogP contribution in [0.1, 0.15) is 39.5 Å². The summed E-state index contributed by atoms with van der Waals surface area (Å²) in [6, 6.07) is 13.6. The molecule has 1 atom stereocenters. The van der Waals surface area contributed by atoms with Crippen LogP contribution in [0.4, 0.5) is 11.4 Å². The molecule has 0 radical (unpaired) electrons. The summed E-state index contributed by atoms with van der Waals surface area (Å²) in [5, 5.41) is 3.27. The molecule has 2 aliphatic heterocycles. The second kappa shape index (κ2) is 14.3. The molecule has 0 bridgehead atoms. The molecule has 0 aliphatic carbocycles. The minimum absolute atomic E-state index is 0.0380. The van der Waals surface area contributed by atoms with Crippen LogP contribution < -0.4 is 25.4 Å². The second-order valence-electron chi connectivity index (χ2n) is 10.2. The number of carbonyl (C=O) groups is 3. The number of piperidine rings is 1. The normalized spacial score (nSPS) is 18.0. The maximum atomic E-state index is 13.7. The van der Waals surface area contributed by atoms with Gasteiger partial charge in [0.15, 0.2) is 5.11 Å². The molecule has 11 heteroatoms. The fourth-order valence-corrected chi connectivity index (χ4v) is 5.69. The zero-order chi connectivity index (χ0) is 29.4. The predicted octanol–water partition coefficient (Wildman–Crippen LogP) is 3.40. The molecule has 3 amide bonds. The first-order valence-electron chi connectivity index (χ1n) is 14.2. The fourth-order valence-electron chi connectivity index (χ4n) is 5.28. The number of hydrogen-bond donors (Lipinski definition) is 2. The van der Waals surface area contributed by atoms with Gasteiger partial charge in [0.2, 0.25) is 11.8 Å². The van der Waals surface area contributed by atoms with Crippen LogP contribution in [-0.2, 0) is 14.4 Å². The van der Waals surface area contributed by atoms with Gasteiger partial charge in [-0.15, -0.1) is 0 Å². The molecule has 4 rings (SSSR count). The first-order chi connectivity index (χ1) is 19.8. The van der Waals surface area contributed by atoms with E-state index in [1.54, 1.807) is 48.5 Å². The van der Waals surface area contributed by atoms with Crippen LogP contribution in [0.15, 0.2) is 48.5 Å². The number of thiocarbonyl (C=S) groups is 1. The van der Waals surface area contributed by atoms with Gasteiger partial charge >= 0.3 is 0 Å². The quantitative estimate of drug-likeness (QED) is 0.346. The molecule has 0 saturated carbocycles. The molecule has 2 fully saturated rings. The maximum Gasteiger partial charge on any atom is 0.256 e. The summed E-state index contributed by atoms with van der Waals surface area (Å²) in [6.07, 6.45) is 2.23. The molecule has 220 valence electrons. The summed E-state index contributed by atoms with van der Waals surface area (Å²) in [6.45, 7) is 7.86. The fraction of sp³-hybridized carbons (Fsp3) is 0.467. The highest BCUT2D eigenvalue weighted by atomic mass is 32.1. The van der Waals surface area contributed by atoms with Crippen LogP contribution in [0.5, 0.6) is 11.5 Å². The van der Waals surface area contributed by atoms with Gasteiger partial charge < -0.3 is 30.3 Å². The van der Waals surface area contributed by atoms with E-state index in [1.807, 2.05) is 18.7 Å². The number of carbonyl (C=O) groups excluding carboxylic acids is 3. The molecule has 2 saturated heterocycles. The molecule has 2 aromatic rings. The van der Waals surface area contributed by atoms with Crippen LogP contribution in [0.2, 0.25) is 0 Å². The highest BCUT2D eigenvalue weighted by Gasteiger charge is 2.44. The number of rotatable bonds is 13. The van der Waals surface area contributed by atoms with Gasteiger partial charge in [0.25, 0.3) is 5.91 Å². The Labute approximate surface area is 246 Å². The van der Waals surface area contributed by atoms with E-state index in [1.165, 1.54) is 4.90 Å². The standard InChI is InChI=1S/C30H39N5O5S/c1-3-39-24-10-6-22(7-11-24)32-27(36)20-26-29(38)35(23-8-12-25(13-9-23)40-4-2)30(41)34(26)17-5-16-33-18-14-21(15-19-33)28(31)37/h6-13,21,26H,3-5,14-20H2,1-2H3,(H2,31,37)(H,32,36)/t26-/m0/s1. The summed E-state index contributed by atoms with van der Waals surface area (Å²) in [5.74, 6) is 0.628. The third kappa shape index (κ3) is 7.74. The topological polar surface area (TPSA) is 117 Å². The van der Waals surface area contributed by atoms with Crippen LogP contribution in [0, 0.1) is 5.92 Å². The van der Waals surface area contributed by atoms with Crippen LogP contribution in [0.25, 0.3) is 0 Å². The molecule has 0 aromatic heterocycles. The highest BCUT2D eigenvalue weighted by Crippen LogP contribution is 2.29. The summed E-state index contributed by atoms with van der Waals surface area (Å²) < 4.78 is 11.0. The number of nitrogens with zero attached hydrogens (tertiary/aromatic N) is 3. The van der Waals surface area contributed by atoms with Crippen LogP contribution in [-0.4, -0.2) is 78.1 Å². The van der Waals surface area contributed by atoms with Gasteiger partial charge in [0, 0.05) is 18.2 Å². The number of anilines is 2. The molecule has 2 heterocycles. The van der Waals surface area contributed by atoms with Crippen molar-refractivity contribution in [2.75, 3.05) is 49.6 Å². The largest absolute Gasteiger partial charge is 0.494 e. The van der Waals surface area contributed by atoms with Gasteiger partial charge in [-0.3, -0.25) is 19.3 Å². The lowest BCUT2D eigenvalue weighted by Crippen LogP contribution is -2.41. The van der Waals surface area contributed by atoms with Crippen molar-refractivity contribution in [2.24, 2.45) is 11.7 Å². The number of nitrogens with one attached hydrogen (secondary N) is 1. The lowest BCUT2D eigenvalue weighted by atomic mass is 9.96. The van der Waals surface area contributed by atoms with Gasteiger partial charge in [-0.1, -0.05) is 0 Å². The Balaban J connectivity index is 1.44. The maximum absolute atomic E-state index is 13.7. The van der Waals surface area contributed by atoms with Crippen molar-refractivity contribution < 1.29 is 23.9 Å². The Morgan fingerprint density at radius 2 is 1.54 bits per heavy atom. The van der Waals surface area contributed by atoms with Crippen LogP contribution in [0.3, 0.4) is 0 Å². The Morgan fingerprint density at radius 3 is 2.10 bits per heavy atom. The molecule has 10 nitrogen and oxygen atoms in total. The number of nitrogens with two attached hydrogens (primary N) is 1. The van der Waals surface area contributed by atoms with E-state index in [0.717, 1.165) is 44.6 Å². The molecule has 2 aromatic carbocycles. The van der Waals surface area contributed by atoms with Gasteiger partial charge in [0.05, 0.1) is 25.3 Å². The van der Waals surface area contributed by atoms with E-state index < -0.39 is 6.04 Å². The Hall–Kier alpha value is -3.70. The van der Waals surface area contributed by atoms with Gasteiger partial charge in [-0.2, -0.15) is 0 Å². The Bertz CT molecular complexity index is 1210. The number of hydrogen-bond acceptors (Lipinski definition) is 7. The molecular weight excluding hydrogens is 542 g/mol. The second-order valence-corrected chi connectivity index (χ2v) is 10.5. The number of benzene rings is 2. The number of primary amides is 1. The average molecular weight is 582 g/mol. The molecule has 0 spiro atoms. The first-order valence-corrected chi connectivity index (χ1v) is 14.6. The minimum atomic E-state index is -0.725. The van der Waals surface area contributed by atoms with Gasteiger partial charge in [-0.25, -0.2) is 0 Å². The Morgan fingerprint density at radius 1 is 0.951 bits per heavy atom. The van der Waals surface area contributed by atoms with E-state index in [9.17, 15) is 14.4 Å². The van der Waals surface area contributed by atoms with Crippen molar-refractivity contribution >= 4 is 46.4 Å². The summed E-state index contributed by atoms with van der Waals surface area (Å²) in [4.78, 5) is 44.0. The summed E-state index contributed by atoms with van der Waals surface area (Å²) in [5.41, 5.74) is 6.73. The molecule has 3 N–H and O–H groups in total. The molecule has 2 aliphatic rings. The molecular formula is C30H39N5O5S. The van der Waals surface area contributed by atoms with E-state index in [-0.39, 0.29) is 30.1 Å². The van der Waals surface area contributed by atoms with Crippen molar-refractivity contribution in [3.63, 3.8) is 0 Å². The summed E-state index contributed by atoms with van der Waals surface area (Å²) >= 11 is 5.81. The average Bonchev–Trinajstić information content (AvgIpc) is 3.19. The smallest absolute Gasteiger partial charge is 0.256 e. The lowest BCUT2D eigenvalue weighted by Gasteiger charge is -2.31. The van der Waals surface area contributed by atoms with Crippen molar-refractivity contribution in [1.29, 1.82) is 0 Å². The predicted molar refractivity (Wildman–Crippen MR) is 162 cm³/mol. The van der Waals surface area contributed by atoms with Gasteiger partial charge in [-0.05, 0) is 113 Å². The number of likely N-dealkylation sites (tertiary alicyclic amines) is 1. The van der Waals surface area contributed by atoms with Crippen LogP contribution >= 0.6 is 12.2 Å². The van der Waals surface area contributed by atoms with Crippen molar-refractivity contribution in [1.82, 2.24) is 9.80 Å². The number of amides is 3. The third-order valence-electron chi connectivity index (χ3n) is 7.42. The third-order valence-corrected chi connectivity index (χ3v) is 7.83. The van der Waals surface area contributed by atoms with Gasteiger partial charge in [0.1, 0.15) is 17.5 Å². The van der Waals surface area contributed by atoms with E-state index in [4.69, 9.17) is 27.4 Å². The van der Waals surface area contributed by atoms with Crippen molar-refractivity contribution in [2.45, 2.75) is 45.6 Å². The first kappa shape index (κ1) is 30.3. The van der Waals surface area contributed by atoms with Crippen molar-refractivity contribution in [3.05, 3.63) is 48.5 Å². The summed E-state index contributed by atoms with van der Waals surface area (Å²) in [7, 11) is 0. The van der Waals surface area contributed by atoms with E-state index in [2.05, 4.69) is 10.2 Å². The highest BCUT2D eigenvalue weighted by molar-refractivity contribution is 7.80. The zero-order valence-electron chi connectivity index (χ0n) is 23.7. The SMILES string of the molecule is CCOc1ccc(NC(=O)C[C@H]2C(=O)N(c3ccc(OCC)cc3)C(=S)N2CCCN2CCC(C(N)=O)CC2)cc1. The minimum Gasteiger partial charge on any atom is -0.494 e. The zero-order valence-corrected chi connectivity index (χ0v) is 24.5. The molecule has 0 unspecified atom stereocenters. The van der Waals surface area contributed by atoms with Crippen molar-refractivity contribution in [3.8, 4) is 11.5 Å². The molecule has 41 heavy (non-hydrogen) atoms. The number of ether oxygens (including phenoxy) is 2. The lowest BCUT2D eigenvalue weighted by molar-refractivity contribution is -0.124. The van der Waals surface area contributed by atoms with E-state index in [0.29, 0.717) is 42.0 Å².